The fraction of sp³-hybridized carbons (Fsp3) is 0.538. The van der Waals surface area contributed by atoms with Crippen LogP contribution in [-0.4, -0.2) is 35.1 Å². The van der Waals surface area contributed by atoms with Crippen LogP contribution in [0.1, 0.15) is 25.0 Å². The summed E-state index contributed by atoms with van der Waals surface area (Å²) in [6.45, 7) is 1.60. The van der Waals surface area contributed by atoms with Crippen LogP contribution in [0.25, 0.3) is 0 Å². The average molecular weight is 266 g/mol. The average Bonchev–Trinajstić information content (AvgIpc) is 2.89. The zero-order valence-corrected chi connectivity index (χ0v) is 10.7. The van der Waals surface area contributed by atoms with E-state index in [-0.39, 0.29) is 18.4 Å². The number of aliphatic carboxylic acids is 1. The van der Waals surface area contributed by atoms with Crippen LogP contribution in [0.2, 0.25) is 0 Å². The summed E-state index contributed by atoms with van der Waals surface area (Å²) in [6.07, 6.45) is 3.27. The van der Waals surface area contributed by atoms with Gasteiger partial charge in [0.25, 0.3) is 0 Å². The summed E-state index contributed by atoms with van der Waals surface area (Å²) in [5.41, 5.74) is 0. The molecule has 0 atom stereocenters. The molecule has 1 aliphatic heterocycles. The summed E-state index contributed by atoms with van der Waals surface area (Å²) >= 11 is 0. The number of amides is 2. The van der Waals surface area contributed by atoms with Gasteiger partial charge in [-0.15, -0.1) is 0 Å². The first kappa shape index (κ1) is 13.5. The van der Waals surface area contributed by atoms with Crippen LogP contribution in [0.4, 0.5) is 4.79 Å². The number of nitrogens with one attached hydrogen (secondary N) is 1. The fourth-order valence-corrected chi connectivity index (χ4v) is 2.27. The summed E-state index contributed by atoms with van der Waals surface area (Å²) < 4.78 is 5.13. The van der Waals surface area contributed by atoms with E-state index in [9.17, 15) is 9.59 Å². The molecule has 0 saturated carbocycles. The van der Waals surface area contributed by atoms with Crippen molar-refractivity contribution in [1.82, 2.24) is 10.2 Å². The Morgan fingerprint density at radius 2 is 2.16 bits per heavy atom. The van der Waals surface area contributed by atoms with Crippen LogP contribution in [0.5, 0.6) is 0 Å². The second kappa shape index (κ2) is 6.26. The first-order valence-corrected chi connectivity index (χ1v) is 6.42. The highest BCUT2D eigenvalue weighted by Crippen LogP contribution is 2.20. The molecule has 1 aliphatic rings. The summed E-state index contributed by atoms with van der Waals surface area (Å²) in [5.74, 6) is 0.140. The first-order chi connectivity index (χ1) is 9.15. The minimum absolute atomic E-state index is 0.120. The van der Waals surface area contributed by atoms with E-state index in [4.69, 9.17) is 9.52 Å². The van der Waals surface area contributed by atoms with E-state index < -0.39 is 5.97 Å². The van der Waals surface area contributed by atoms with Crippen LogP contribution >= 0.6 is 0 Å². The van der Waals surface area contributed by atoms with Gasteiger partial charge in [0, 0.05) is 19.5 Å². The molecule has 19 heavy (non-hydrogen) atoms. The summed E-state index contributed by atoms with van der Waals surface area (Å²) in [6, 6.07) is 3.46. The van der Waals surface area contributed by atoms with Crippen molar-refractivity contribution in [2.45, 2.75) is 25.8 Å². The first-order valence-electron chi connectivity index (χ1n) is 6.42. The smallest absolute Gasteiger partial charge is 0.317 e. The zero-order valence-electron chi connectivity index (χ0n) is 10.7. The standard InChI is InChI=1S/C13H18N2O4/c16-12(17)8-10-3-5-15(6-4-10)13(18)14-9-11-2-1-7-19-11/h1-2,7,10H,3-6,8-9H2,(H,14,18)(H,16,17). The van der Waals surface area contributed by atoms with Crippen LogP contribution in [0.15, 0.2) is 22.8 Å². The predicted octanol–water partition coefficient (Wildman–Crippen LogP) is 1.68. The normalized spacial score (nSPS) is 16.3. The molecule has 0 unspecified atom stereocenters. The highest BCUT2D eigenvalue weighted by atomic mass is 16.4. The van der Waals surface area contributed by atoms with E-state index in [0.717, 1.165) is 12.8 Å². The van der Waals surface area contributed by atoms with Crippen molar-refractivity contribution in [1.29, 1.82) is 0 Å². The molecule has 104 valence electrons. The number of likely N-dealkylation sites (tertiary alicyclic amines) is 1. The third-order valence-corrected chi connectivity index (χ3v) is 3.36. The van der Waals surface area contributed by atoms with Gasteiger partial charge in [-0.2, -0.15) is 0 Å². The molecule has 0 radical (unpaired) electrons. The molecule has 0 aliphatic carbocycles. The van der Waals surface area contributed by atoms with Crippen molar-refractivity contribution < 1.29 is 19.1 Å². The van der Waals surface area contributed by atoms with Crippen LogP contribution in [0.3, 0.4) is 0 Å². The molecule has 6 nitrogen and oxygen atoms in total. The number of hydrogen-bond acceptors (Lipinski definition) is 3. The Bertz CT molecular complexity index is 422. The highest BCUT2D eigenvalue weighted by molar-refractivity contribution is 5.74. The maximum Gasteiger partial charge on any atom is 0.317 e. The van der Waals surface area contributed by atoms with Crippen molar-refractivity contribution in [3.8, 4) is 0 Å². The third-order valence-electron chi connectivity index (χ3n) is 3.36. The van der Waals surface area contributed by atoms with Crippen molar-refractivity contribution in [2.75, 3.05) is 13.1 Å². The maximum absolute atomic E-state index is 11.9. The van der Waals surface area contributed by atoms with E-state index in [0.29, 0.717) is 25.4 Å². The molecule has 2 rings (SSSR count). The Morgan fingerprint density at radius 1 is 1.42 bits per heavy atom. The van der Waals surface area contributed by atoms with Gasteiger partial charge in [0.15, 0.2) is 0 Å². The minimum Gasteiger partial charge on any atom is -0.481 e. The van der Waals surface area contributed by atoms with E-state index in [1.54, 1.807) is 23.3 Å². The molecule has 1 aromatic rings. The lowest BCUT2D eigenvalue weighted by Gasteiger charge is -2.31. The number of rotatable bonds is 4. The number of carbonyl (C=O) groups excluding carboxylic acids is 1. The van der Waals surface area contributed by atoms with Crippen LogP contribution in [-0.2, 0) is 11.3 Å². The summed E-state index contributed by atoms with van der Waals surface area (Å²) in [4.78, 5) is 24.2. The maximum atomic E-state index is 11.9. The third kappa shape index (κ3) is 4.01. The lowest BCUT2D eigenvalue weighted by Crippen LogP contribution is -2.44. The van der Waals surface area contributed by atoms with E-state index in [1.165, 1.54) is 0 Å². The SMILES string of the molecule is O=C(O)CC1CCN(C(=O)NCc2ccco2)CC1. The molecule has 2 heterocycles. The Hall–Kier alpha value is -1.98. The molecule has 1 saturated heterocycles. The Labute approximate surface area is 111 Å². The number of carboxylic acid groups (broad SMARTS) is 1. The number of nitrogens with zero attached hydrogens (tertiary/aromatic N) is 1. The molecule has 0 spiro atoms. The molecule has 2 amide bonds. The fourth-order valence-electron chi connectivity index (χ4n) is 2.27. The predicted molar refractivity (Wildman–Crippen MR) is 67.5 cm³/mol. The molecule has 0 bridgehead atoms. The number of carbonyl (C=O) groups is 2. The lowest BCUT2D eigenvalue weighted by molar-refractivity contribution is -0.138. The van der Waals surface area contributed by atoms with Gasteiger partial charge in [-0.25, -0.2) is 4.79 Å². The molecular formula is C13H18N2O4. The van der Waals surface area contributed by atoms with Gasteiger partial charge in [-0.3, -0.25) is 4.79 Å². The number of furan rings is 1. The van der Waals surface area contributed by atoms with Crippen LogP contribution < -0.4 is 5.32 Å². The molecule has 6 heteroatoms. The van der Waals surface area contributed by atoms with E-state index in [1.807, 2.05) is 0 Å². The second-order valence-corrected chi connectivity index (χ2v) is 4.77. The van der Waals surface area contributed by atoms with Crippen molar-refractivity contribution in [3.63, 3.8) is 0 Å². The minimum atomic E-state index is -0.763. The Balaban J connectivity index is 1.71. The largest absolute Gasteiger partial charge is 0.481 e. The van der Waals surface area contributed by atoms with Gasteiger partial charge in [-0.05, 0) is 30.9 Å². The number of urea groups is 1. The van der Waals surface area contributed by atoms with E-state index >= 15 is 0 Å². The number of carboxylic acids is 1. The molecule has 0 aromatic carbocycles. The quantitative estimate of drug-likeness (QED) is 0.868. The van der Waals surface area contributed by atoms with Crippen molar-refractivity contribution in [2.24, 2.45) is 5.92 Å². The van der Waals surface area contributed by atoms with Gasteiger partial charge in [0.2, 0.25) is 0 Å². The molecular weight excluding hydrogens is 248 g/mol. The summed E-state index contributed by atoms with van der Waals surface area (Å²) in [7, 11) is 0. The number of hydrogen-bond donors (Lipinski definition) is 2. The molecule has 1 fully saturated rings. The van der Waals surface area contributed by atoms with Crippen molar-refractivity contribution in [3.05, 3.63) is 24.2 Å². The summed E-state index contributed by atoms with van der Waals surface area (Å²) in [5, 5.41) is 11.5. The highest BCUT2D eigenvalue weighted by Gasteiger charge is 2.24. The second-order valence-electron chi connectivity index (χ2n) is 4.77. The zero-order chi connectivity index (χ0) is 13.7. The number of piperidine rings is 1. The van der Waals surface area contributed by atoms with Gasteiger partial charge >= 0.3 is 12.0 Å². The van der Waals surface area contributed by atoms with Crippen molar-refractivity contribution >= 4 is 12.0 Å². The Kier molecular flexibility index (Phi) is 4.43. The van der Waals surface area contributed by atoms with Gasteiger partial charge < -0.3 is 19.7 Å². The molecule has 1 aromatic heterocycles. The van der Waals surface area contributed by atoms with Gasteiger partial charge in [-0.1, -0.05) is 0 Å². The topological polar surface area (TPSA) is 82.8 Å². The Morgan fingerprint density at radius 3 is 2.74 bits per heavy atom. The lowest BCUT2D eigenvalue weighted by atomic mass is 9.94. The molecule has 2 N–H and O–H groups in total. The monoisotopic (exact) mass is 266 g/mol. The van der Waals surface area contributed by atoms with Gasteiger partial charge in [0.05, 0.1) is 12.8 Å². The van der Waals surface area contributed by atoms with E-state index in [2.05, 4.69) is 5.32 Å². The van der Waals surface area contributed by atoms with Gasteiger partial charge in [0.1, 0.15) is 5.76 Å². The van der Waals surface area contributed by atoms with Crippen LogP contribution in [0, 0.1) is 5.92 Å².